The predicted octanol–water partition coefficient (Wildman–Crippen LogP) is 5.69. The van der Waals surface area contributed by atoms with E-state index < -0.39 is 35.5 Å². The zero-order valence-corrected chi connectivity index (χ0v) is 19.8. The van der Waals surface area contributed by atoms with Crippen molar-refractivity contribution in [3.05, 3.63) is 34.9 Å². The molecule has 1 saturated carbocycles. The van der Waals surface area contributed by atoms with Crippen LogP contribution in [0.5, 0.6) is 0 Å². The molecule has 202 valence electrons. The molecule has 2 N–H and O–H groups in total. The van der Waals surface area contributed by atoms with Crippen LogP contribution in [0.1, 0.15) is 62.1 Å². The Balaban J connectivity index is 1.56. The maximum Gasteiger partial charge on any atom is 0.416 e. The normalized spacial score (nSPS) is 25.1. The highest BCUT2D eigenvalue weighted by atomic mass is 19.4. The van der Waals surface area contributed by atoms with Crippen LogP contribution in [0.4, 0.5) is 31.1 Å². The lowest BCUT2D eigenvalue weighted by atomic mass is 9.82. The second-order valence-corrected chi connectivity index (χ2v) is 9.57. The number of carbonyl (C=O) groups excluding carboxylic acids is 1. The van der Waals surface area contributed by atoms with Gasteiger partial charge in [0.15, 0.2) is 0 Å². The molecule has 2 aliphatic rings. The maximum atomic E-state index is 13.1. The highest BCUT2D eigenvalue weighted by Gasteiger charge is 2.38. The molecule has 36 heavy (non-hydrogen) atoms. The molecular weight excluding hydrogens is 494 g/mol. The van der Waals surface area contributed by atoms with Gasteiger partial charge in [-0.1, -0.05) is 6.92 Å². The third kappa shape index (κ3) is 7.27. The Morgan fingerprint density at radius 3 is 2.11 bits per heavy atom. The van der Waals surface area contributed by atoms with Crippen LogP contribution in [0.25, 0.3) is 0 Å². The molecule has 1 aromatic carbocycles. The Morgan fingerprint density at radius 1 is 1.03 bits per heavy atom. The van der Waals surface area contributed by atoms with E-state index in [0.717, 1.165) is 0 Å². The molecule has 2 atom stereocenters. The first-order valence-corrected chi connectivity index (χ1v) is 12.0. The zero-order valence-electron chi connectivity index (χ0n) is 19.8. The fourth-order valence-electron chi connectivity index (χ4n) is 4.91. The number of carboxylic acid groups (broad SMARTS) is 1. The molecule has 0 aromatic heterocycles. The van der Waals surface area contributed by atoms with Crippen LogP contribution in [0, 0.1) is 11.8 Å². The molecule has 0 spiro atoms. The first kappa shape index (κ1) is 28.1. The summed E-state index contributed by atoms with van der Waals surface area (Å²) in [6, 6.07) is 0.986. The van der Waals surface area contributed by atoms with E-state index in [2.05, 4.69) is 5.32 Å². The van der Waals surface area contributed by atoms with Crippen molar-refractivity contribution in [3.63, 3.8) is 0 Å². The monoisotopic (exact) mass is 524 g/mol. The van der Waals surface area contributed by atoms with Gasteiger partial charge >= 0.3 is 24.4 Å². The van der Waals surface area contributed by atoms with Gasteiger partial charge in [0.25, 0.3) is 0 Å². The summed E-state index contributed by atoms with van der Waals surface area (Å²) in [6.07, 6.45) is -6.87. The molecule has 1 aliphatic heterocycles. The van der Waals surface area contributed by atoms with Gasteiger partial charge in [0.2, 0.25) is 0 Å². The molecule has 0 bridgehead atoms. The van der Waals surface area contributed by atoms with E-state index in [1.165, 1.54) is 4.90 Å². The van der Waals surface area contributed by atoms with Gasteiger partial charge < -0.3 is 20.1 Å². The van der Waals surface area contributed by atoms with E-state index in [1.807, 2.05) is 6.92 Å². The average molecular weight is 525 g/mol. The van der Waals surface area contributed by atoms with Gasteiger partial charge in [0.05, 0.1) is 23.7 Å². The molecule has 3 rings (SSSR count). The van der Waals surface area contributed by atoms with Crippen LogP contribution >= 0.6 is 0 Å². The molecular formula is C24H30F6N2O4. The number of benzene rings is 1. The van der Waals surface area contributed by atoms with Gasteiger partial charge in [0, 0.05) is 25.2 Å². The fourth-order valence-corrected chi connectivity index (χ4v) is 4.91. The van der Waals surface area contributed by atoms with Gasteiger partial charge in [-0.3, -0.25) is 4.79 Å². The van der Waals surface area contributed by atoms with Crippen molar-refractivity contribution in [1.29, 1.82) is 0 Å². The summed E-state index contributed by atoms with van der Waals surface area (Å²) in [5, 5.41) is 12.1. The van der Waals surface area contributed by atoms with E-state index in [-0.39, 0.29) is 55.2 Å². The summed E-state index contributed by atoms with van der Waals surface area (Å²) in [4.78, 5) is 25.3. The van der Waals surface area contributed by atoms with Crippen molar-refractivity contribution in [2.45, 2.75) is 76.4 Å². The number of likely N-dealkylation sites (tertiary alicyclic amines) is 1. The molecule has 0 radical (unpaired) electrons. The number of aliphatic carboxylic acids is 1. The Labute approximate surface area is 205 Å². The van der Waals surface area contributed by atoms with Crippen LogP contribution in [-0.4, -0.2) is 47.3 Å². The van der Waals surface area contributed by atoms with Crippen molar-refractivity contribution in [3.8, 4) is 0 Å². The van der Waals surface area contributed by atoms with Gasteiger partial charge in [-0.25, -0.2) is 4.79 Å². The van der Waals surface area contributed by atoms with Crippen LogP contribution in [-0.2, 0) is 28.4 Å². The van der Waals surface area contributed by atoms with E-state index >= 15 is 0 Å². The number of rotatable bonds is 7. The molecule has 1 amide bonds. The molecule has 2 fully saturated rings. The molecule has 1 aromatic rings. The number of nitrogens with zero attached hydrogens (tertiary/aromatic N) is 1. The number of alkyl halides is 6. The number of carbonyl (C=O) groups is 2. The van der Waals surface area contributed by atoms with Gasteiger partial charge in [-0.15, -0.1) is 0 Å². The van der Waals surface area contributed by atoms with E-state index in [4.69, 9.17) is 9.84 Å². The quantitative estimate of drug-likeness (QED) is 0.448. The van der Waals surface area contributed by atoms with E-state index in [9.17, 15) is 35.9 Å². The maximum absolute atomic E-state index is 13.1. The topological polar surface area (TPSA) is 78.9 Å². The second-order valence-electron chi connectivity index (χ2n) is 9.57. The highest BCUT2D eigenvalue weighted by Crippen LogP contribution is 2.36. The first-order chi connectivity index (χ1) is 16.8. The standard InChI is InChI=1S/C24H30F6N2O4/c1-2-20-10-19(12-32(20)22(35)36-13-14-3-5-16(6-4-14)21(33)34)31-11-15-7-17(23(25,26)27)9-18(8-15)24(28,29)30/h7-9,14,16,19-20,31H,2-6,10-13H2,1H3,(H,33,34)/t14?,16?,19-,20+/m0/s1. The van der Waals surface area contributed by atoms with E-state index in [0.29, 0.717) is 50.7 Å². The summed E-state index contributed by atoms with van der Waals surface area (Å²) in [6.45, 7) is 2.06. The Kier molecular flexibility index (Phi) is 8.79. The van der Waals surface area contributed by atoms with Crippen molar-refractivity contribution in [2.24, 2.45) is 11.8 Å². The molecule has 1 heterocycles. The van der Waals surface area contributed by atoms with Crippen molar-refractivity contribution < 1.29 is 45.8 Å². The molecule has 12 heteroatoms. The SMILES string of the molecule is CC[C@@H]1C[C@H](NCc2cc(C(F)(F)F)cc(C(F)(F)F)c2)CN1C(=O)OCC1CCC(C(=O)O)CC1. The third-order valence-electron chi connectivity index (χ3n) is 7.00. The van der Waals surface area contributed by atoms with Gasteiger partial charge in [-0.2, -0.15) is 26.3 Å². The van der Waals surface area contributed by atoms with Gasteiger partial charge in [-0.05, 0) is 68.2 Å². The Hall–Kier alpha value is -2.50. The molecule has 6 nitrogen and oxygen atoms in total. The molecule has 1 aliphatic carbocycles. The predicted molar refractivity (Wildman–Crippen MR) is 117 cm³/mol. The van der Waals surface area contributed by atoms with Crippen molar-refractivity contribution >= 4 is 12.1 Å². The van der Waals surface area contributed by atoms with Crippen LogP contribution < -0.4 is 5.32 Å². The Morgan fingerprint density at radius 2 is 1.61 bits per heavy atom. The lowest BCUT2D eigenvalue weighted by Crippen LogP contribution is -2.38. The third-order valence-corrected chi connectivity index (χ3v) is 7.00. The summed E-state index contributed by atoms with van der Waals surface area (Å²) in [5.74, 6) is -1.09. The summed E-state index contributed by atoms with van der Waals surface area (Å²) in [5.41, 5.74) is -2.88. The van der Waals surface area contributed by atoms with Gasteiger partial charge in [0.1, 0.15) is 0 Å². The first-order valence-electron chi connectivity index (χ1n) is 12.0. The number of amides is 1. The number of carboxylic acids is 1. The number of nitrogens with one attached hydrogen (secondary N) is 1. The van der Waals surface area contributed by atoms with Crippen molar-refractivity contribution in [1.82, 2.24) is 10.2 Å². The summed E-state index contributed by atoms with van der Waals surface area (Å²) < 4.78 is 84.1. The lowest BCUT2D eigenvalue weighted by molar-refractivity contribution is -0.144. The van der Waals surface area contributed by atoms with Crippen LogP contribution in [0.3, 0.4) is 0 Å². The lowest BCUT2D eigenvalue weighted by Gasteiger charge is -2.28. The van der Waals surface area contributed by atoms with E-state index in [1.54, 1.807) is 0 Å². The Bertz CT molecular complexity index is 896. The minimum Gasteiger partial charge on any atom is -0.481 e. The van der Waals surface area contributed by atoms with Crippen molar-refractivity contribution in [2.75, 3.05) is 13.2 Å². The summed E-state index contributed by atoms with van der Waals surface area (Å²) >= 11 is 0. The minimum absolute atomic E-state index is 0.0879. The average Bonchev–Trinajstić information content (AvgIpc) is 3.23. The largest absolute Gasteiger partial charge is 0.481 e. The molecule has 1 saturated heterocycles. The smallest absolute Gasteiger partial charge is 0.416 e. The summed E-state index contributed by atoms with van der Waals surface area (Å²) in [7, 11) is 0. The second kappa shape index (κ2) is 11.3. The number of hydrogen-bond acceptors (Lipinski definition) is 4. The minimum atomic E-state index is -4.91. The highest BCUT2D eigenvalue weighted by molar-refractivity contribution is 5.70. The van der Waals surface area contributed by atoms with Crippen LogP contribution in [0.15, 0.2) is 18.2 Å². The number of halogens is 6. The molecule has 0 unspecified atom stereocenters. The number of ether oxygens (including phenoxy) is 1. The fraction of sp³-hybridized carbons (Fsp3) is 0.667. The zero-order chi connectivity index (χ0) is 26.7. The van der Waals surface area contributed by atoms with Crippen LogP contribution in [0.2, 0.25) is 0 Å². The number of hydrogen-bond donors (Lipinski definition) is 2.